The zero-order valence-corrected chi connectivity index (χ0v) is 19.1. The smallest absolute Gasteiger partial charge is 0.356 e. The predicted molar refractivity (Wildman–Crippen MR) is 111 cm³/mol. The highest BCUT2D eigenvalue weighted by Gasteiger charge is 2.58. The minimum atomic E-state index is -1.98. The fourth-order valence-corrected chi connectivity index (χ4v) is 6.12. The molecule has 0 unspecified atom stereocenters. The van der Waals surface area contributed by atoms with E-state index in [1.54, 1.807) is 4.90 Å². The second-order valence-electron chi connectivity index (χ2n) is 8.14. The van der Waals surface area contributed by atoms with Gasteiger partial charge in [0.2, 0.25) is 5.91 Å². The topological polar surface area (TPSA) is 55.8 Å². The van der Waals surface area contributed by atoms with Crippen molar-refractivity contribution in [1.82, 2.24) is 4.90 Å². The van der Waals surface area contributed by atoms with Gasteiger partial charge in [-0.2, -0.15) is 12.6 Å². The fourth-order valence-electron chi connectivity index (χ4n) is 2.86. The van der Waals surface area contributed by atoms with Gasteiger partial charge in [0.25, 0.3) is 0 Å². The molecule has 0 spiro atoms. The number of hydrogen-bond acceptors (Lipinski definition) is 6. The largest absolute Gasteiger partial charge is 0.457 e. The van der Waals surface area contributed by atoms with E-state index < -0.39 is 14.3 Å². The van der Waals surface area contributed by atoms with Gasteiger partial charge in [-0.3, -0.25) is 9.69 Å². The molecule has 2 heterocycles. The number of amides is 1. The van der Waals surface area contributed by atoms with Crippen LogP contribution in [0.4, 0.5) is 0 Å². The van der Waals surface area contributed by atoms with E-state index in [-0.39, 0.29) is 34.9 Å². The number of rotatable bonds is 7. The Morgan fingerprint density at radius 3 is 2.58 bits per heavy atom. The molecule has 2 rings (SSSR count). The van der Waals surface area contributed by atoms with E-state index in [1.807, 2.05) is 6.92 Å². The molecule has 2 aliphatic rings. The summed E-state index contributed by atoms with van der Waals surface area (Å²) in [6.07, 6.45) is 1.32. The van der Waals surface area contributed by atoms with Crippen LogP contribution < -0.4 is 0 Å². The molecule has 146 valence electrons. The van der Waals surface area contributed by atoms with E-state index in [0.717, 1.165) is 4.91 Å². The van der Waals surface area contributed by atoms with Crippen molar-refractivity contribution in [2.24, 2.45) is 5.92 Å². The van der Waals surface area contributed by atoms with Crippen LogP contribution in [0, 0.1) is 5.92 Å². The average Bonchev–Trinajstić information content (AvgIpc) is 2.85. The van der Waals surface area contributed by atoms with Crippen molar-refractivity contribution < 1.29 is 18.8 Å². The van der Waals surface area contributed by atoms with Gasteiger partial charge < -0.3 is 9.16 Å². The first-order valence-corrected chi connectivity index (χ1v) is 13.2. The lowest BCUT2D eigenvalue weighted by molar-refractivity contribution is -0.157. The van der Waals surface area contributed by atoms with Crippen LogP contribution in [0.3, 0.4) is 0 Å². The van der Waals surface area contributed by atoms with Gasteiger partial charge >= 0.3 is 5.97 Å². The maximum absolute atomic E-state index is 12.8. The zero-order valence-electron chi connectivity index (χ0n) is 16.4. The lowest BCUT2D eigenvalue weighted by Gasteiger charge is -2.48. The third kappa shape index (κ3) is 3.79. The van der Waals surface area contributed by atoms with Crippen LogP contribution in [0.1, 0.15) is 27.7 Å². The molecule has 1 amide bonds. The Balaban J connectivity index is 2.14. The molecule has 0 radical (unpaired) electrons. The van der Waals surface area contributed by atoms with E-state index in [9.17, 15) is 9.59 Å². The van der Waals surface area contributed by atoms with Gasteiger partial charge in [0, 0.05) is 10.7 Å². The van der Waals surface area contributed by atoms with Crippen molar-refractivity contribution >= 4 is 44.6 Å². The molecule has 26 heavy (non-hydrogen) atoms. The number of fused-ring (bicyclic) bond motifs is 1. The third-order valence-electron chi connectivity index (χ3n) is 5.31. The summed E-state index contributed by atoms with van der Waals surface area (Å²) >= 11 is 5.84. The minimum Gasteiger partial charge on any atom is -0.457 e. The number of carbonyl (C=O) groups excluding carboxylic acids is 2. The first kappa shape index (κ1) is 21.6. The van der Waals surface area contributed by atoms with Crippen LogP contribution in [0.25, 0.3) is 0 Å². The lowest BCUT2D eigenvalue weighted by atomic mass is 9.92. The summed E-state index contributed by atoms with van der Waals surface area (Å²) in [6.45, 7) is 16.5. The summed E-state index contributed by atoms with van der Waals surface area (Å²) in [5.74, 6) is -0.424. The predicted octanol–water partition coefficient (Wildman–Crippen LogP) is 3.80. The molecule has 0 aromatic heterocycles. The molecular formula is C18H29NO4S2Si. The van der Waals surface area contributed by atoms with Crippen molar-refractivity contribution in [3.63, 3.8) is 0 Å². The second kappa shape index (κ2) is 7.73. The Morgan fingerprint density at radius 2 is 2.08 bits per heavy atom. The van der Waals surface area contributed by atoms with Crippen LogP contribution in [-0.4, -0.2) is 48.9 Å². The van der Waals surface area contributed by atoms with Gasteiger partial charge in [0.1, 0.15) is 17.7 Å². The minimum absolute atomic E-state index is 0.0731. The number of esters is 1. The molecule has 0 N–H and O–H groups in total. The number of ether oxygens (including phenoxy) is 1. The van der Waals surface area contributed by atoms with E-state index in [2.05, 4.69) is 53.1 Å². The summed E-state index contributed by atoms with van der Waals surface area (Å²) in [5, 5.41) is -0.0410. The highest BCUT2D eigenvalue weighted by molar-refractivity contribution is 8.04. The fraction of sp³-hybridized carbons (Fsp3) is 0.667. The Morgan fingerprint density at radius 1 is 1.46 bits per heavy atom. The van der Waals surface area contributed by atoms with Crippen LogP contribution >= 0.6 is 24.4 Å². The number of thioether (sulfide) groups is 1. The lowest BCUT2D eigenvalue weighted by Crippen LogP contribution is -2.62. The molecule has 0 saturated carbocycles. The number of β-lactam (4-membered cyclic amide) rings is 1. The molecule has 1 fully saturated rings. The summed E-state index contributed by atoms with van der Waals surface area (Å²) in [7, 11) is -1.98. The quantitative estimate of drug-likeness (QED) is 0.225. The average molecular weight is 416 g/mol. The first-order chi connectivity index (χ1) is 12.0. The van der Waals surface area contributed by atoms with Crippen molar-refractivity contribution in [2.75, 3.05) is 12.4 Å². The van der Waals surface area contributed by atoms with Crippen molar-refractivity contribution in [3.8, 4) is 0 Å². The molecule has 0 aromatic rings. The molecule has 0 aromatic carbocycles. The summed E-state index contributed by atoms with van der Waals surface area (Å²) < 4.78 is 11.6. The van der Waals surface area contributed by atoms with Crippen molar-refractivity contribution in [2.45, 2.75) is 57.3 Å². The number of thiol groups is 1. The monoisotopic (exact) mass is 415 g/mol. The van der Waals surface area contributed by atoms with E-state index in [0.29, 0.717) is 11.4 Å². The Bertz CT molecular complexity index is 642. The van der Waals surface area contributed by atoms with E-state index in [1.165, 1.54) is 17.8 Å². The Kier molecular flexibility index (Phi) is 6.42. The van der Waals surface area contributed by atoms with Crippen LogP contribution in [0.5, 0.6) is 0 Å². The maximum Gasteiger partial charge on any atom is 0.356 e. The zero-order chi connectivity index (χ0) is 19.9. The summed E-state index contributed by atoms with van der Waals surface area (Å²) in [5.41, 5.74) is 0.331. The Hall–Kier alpha value is -0.703. The standard InChI is InChI=1S/C18H29NO4S2Si/c1-8-9-22-17(21)14-12(10-24)25-16-13(15(20)19(14)16)11(2)23-26(6,7)18(3,4)5/h8,11,13,16,24H,1,9-10H2,2-7H3/t11-,13+,16-/m1/s1. The third-order valence-corrected chi connectivity index (χ3v) is 11.8. The van der Waals surface area contributed by atoms with Crippen molar-refractivity contribution in [3.05, 3.63) is 23.3 Å². The van der Waals surface area contributed by atoms with Gasteiger partial charge in [-0.1, -0.05) is 33.4 Å². The molecule has 0 aliphatic carbocycles. The van der Waals surface area contributed by atoms with Gasteiger partial charge in [-0.25, -0.2) is 4.79 Å². The SMILES string of the molecule is C=CCOC(=O)C1=C(CS)S[C@@H]2[C@@H]([C@@H](C)O[Si](C)(C)C(C)(C)C)C(=O)N12. The molecule has 8 heteroatoms. The van der Waals surface area contributed by atoms with Crippen molar-refractivity contribution in [1.29, 1.82) is 0 Å². The molecule has 3 atom stereocenters. The van der Waals surface area contributed by atoms with Crippen LogP contribution in [0.15, 0.2) is 23.3 Å². The Labute approximate surface area is 167 Å². The number of nitrogens with zero attached hydrogens (tertiary/aromatic N) is 1. The second-order valence-corrected chi connectivity index (χ2v) is 14.4. The van der Waals surface area contributed by atoms with Gasteiger partial charge in [0.05, 0.1) is 12.0 Å². The first-order valence-electron chi connectivity index (χ1n) is 8.76. The number of hydrogen-bond donors (Lipinski definition) is 1. The van der Waals surface area contributed by atoms with E-state index in [4.69, 9.17) is 9.16 Å². The van der Waals surface area contributed by atoms with Gasteiger partial charge in [-0.05, 0) is 25.1 Å². The summed E-state index contributed by atoms with van der Waals surface area (Å²) in [4.78, 5) is 27.5. The normalized spacial score (nSPS) is 24.3. The summed E-state index contributed by atoms with van der Waals surface area (Å²) in [6, 6.07) is 0. The molecule has 1 saturated heterocycles. The van der Waals surface area contributed by atoms with Crippen LogP contribution in [-0.2, 0) is 18.8 Å². The maximum atomic E-state index is 12.8. The highest BCUT2D eigenvalue weighted by Crippen LogP contribution is 2.52. The molecule has 0 bridgehead atoms. The highest BCUT2D eigenvalue weighted by atomic mass is 32.2. The van der Waals surface area contributed by atoms with E-state index >= 15 is 0 Å². The molecule has 2 aliphatic heterocycles. The number of carbonyl (C=O) groups is 2. The van der Waals surface area contributed by atoms with Crippen LogP contribution in [0.2, 0.25) is 18.1 Å². The van der Waals surface area contributed by atoms with Gasteiger partial charge in [0.15, 0.2) is 8.32 Å². The van der Waals surface area contributed by atoms with Gasteiger partial charge in [-0.15, -0.1) is 11.8 Å². The molecule has 5 nitrogen and oxygen atoms in total. The molecular weight excluding hydrogens is 386 g/mol.